The van der Waals surface area contributed by atoms with Gasteiger partial charge in [0.2, 0.25) is 0 Å². The van der Waals surface area contributed by atoms with E-state index in [1.165, 1.54) is 23.5 Å². The zero-order valence-corrected chi connectivity index (χ0v) is 18.8. The number of nitrogens with zero attached hydrogens (tertiary/aromatic N) is 2. The first-order valence-corrected chi connectivity index (χ1v) is 10.8. The Kier molecular flexibility index (Phi) is 5.63. The molecule has 0 radical (unpaired) electrons. The molecule has 0 bridgehead atoms. The first-order chi connectivity index (χ1) is 14.8. The van der Waals surface area contributed by atoms with E-state index in [0.29, 0.717) is 5.56 Å². The van der Waals surface area contributed by atoms with Crippen LogP contribution in [0.15, 0.2) is 53.6 Å². The standard InChI is InChI=1S/C24H14Cl2N2O2S/c1-12(7-18-22(29)16-9-19(25)20(26)10-17(16)23(18)30)8-21-13(2)28-24(31-21)15-5-3-14(11-27)4-6-15/h3-10H,1-2H3/b12-8+. The number of thiazole rings is 1. The van der Waals surface area contributed by atoms with Gasteiger partial charge in [0.05, 0.1) is 37.8 Å². The van der Waals surface area contributed by atoms with Crippen LogP contribution in [0.2, 0.25) is 10.0 Å². The summed E-state index contributed by atoms with van der Waals surface area (Å²) in [6.45, 7) is 3.73. The van der Waals surface area contributed by atoms with Crippen molar-refractivity contribution in [1.29, 1.82) is 5.26 Å². The lowest BCUT2D eigenvalue weighted by atomic mass is 10.1. The molecule has 0 spiro atoms. The fraction of sp³-hybridized carbons (Fsp3) is 0.0833. The van der Waals surface area contributed by atoms with Crippen molar-refractivity contribution >= 4 is 52.2 Å². The average molecular weight is 465 g/mol. The number of ketones is 2. The molecule has 152 valence electrons. The zero-order valence-electron chi connectivity index (χ0n) is 16.5. The molecule has 0 saturated carbocycles. The number of halogens is 2. The van der Waals surface area contributed by atoms with Crippen LogP contribution in [0.1, 0.15) is 43.8 Å². The maximum absolute atomic E-state index is 12.7. The Morgan fingerprint density at radius 1 is 1.06 bits per heavy atom. The average Bonchev–Trinajstić information content (AvgIpc) is 3.22. The molecule has 0 amide bonds. The Labute approximate surface area is 193 Å². The number of aryl methyl sites for hydroxylation is 1. The number of hydrogen-bond donors (Lipinski definition) is 0. The van der Waals surface area contributed by atoms with E-state index in [9.17, 15) is 9.59 Å². The van der Waals surface area contributed by atoms with Gasteiger partial charge in [0, 0.05) is 16.7 Å². The van der Waals surface area contributed by atoms with E-state index >= 15 is 0 Å². The maximum Gasteiger partial charge on any atom is 0.197 e. The molecule has 0 aliphatic heterocycles. The van der Waals surface area contributed by atoms with Gasteiger partial charge in [-0.25, -0.2) is 4.98 Å². The summed E-state index contributed by atoms with van der Waals surface area (Å²) in [6, 6.07) is 12.2. The van der Waals surface area contributed by atoms with E-state index in [4.69, 9.17) is 28.5 Å². The van der Waals surface area contributed by atoms with Crippen LogP contribution >= 0.6 is 34.5 Å². The van der Waals surface area contributed by atoms with Gasteiger partial charge in [-0.15, -0.1) is 11.3 Å². The number of hydrogen-bond acceptors (Lipinski definition) is 5. The summed E-state index contributed by atoms with van der Waals surface area (Å²) >= 11 is 13.5. The molecule has 7 heteroatoms. The fourth-order valence-electron chi connectivity index (χ4n) is 3.28. The SMILES string of the molecule is C/C(C=C1C(=O)c2cc(Cl)c(Cl)cc2C1=O)=C\c1sc(-c2ccc(C#N)cc2)nc1C. The van der Waals surface area contributed by atoms with Crippen LogP contribution in [0.5, 0.6) is 0 Å². The number of allylic oxidation sites excluding steroid dienone is 3. The summed E-state index contributed by atoms with van der Waals surface area (Å²) in [5.41, 5.74) is 3.75. The fourth-order valence-corrected chi connectivity index (χ4v) is 4.69. The minimum atomic E-state index is -0.356. The normalized spacial score (nSPS) is 13.4. The highest BCUT2D eigenvalue weighted by molar-refractivity contribution is 7.16. The quantitative estimate of drug-likeness (QED) is 0.319. The van der Waals surface area contributed by atoms with E-state index in [-0.39, 0.29) is 38.3 Å². The van der Waals surface area contributed by atoms with Crippen molar-refractivity contribution in [2.24, 2.45) is 0 Å². The van der Waals surface area contributed by atoms with Crippen molar-refractivity contribution in [3.05, 3.63) is 90.9 Å². The largest absolute Gasteiger partial charge is 0.288 e. The van der Waals surface area contributed by atoms with E-state index in [1.54, 1.807) is 18.2 Å². The summed E-state index contributed by atoms with van der Waals surface area (Å²) in [7, 11) is 0. The van der Waals surface area contributed by atoms with Crippen molar-refractivity contribution in [2.45, 2.75) is 13.8 Å². The van der Waals surface area contributed by atoms with Gasteiger partial charge in [-0.3, -0.25) is 9.59 Å². The maximum atomic E-state index is 12.7. The van der Waals surface area contributed by atoms with Crippen molar-refractivity contribution < 1.29 is 9.59 Å². The van der Waals surface area contributed by atoms with Crippen molar-refractivity contribution in [1.82, 2.24) is 4.98 Å². The number of carbonyl (C=O) groups excluding carboxylic acids is 2. The van der Waals surface area contributed by atoms with Crippen LogP contribution in [0.3, 0.4) is 0 Å². The number of aromatic nitrogens is 1. The molecule has 4 rings (SSSR count). The van der Waals surface area contributed by atoms with Crippen LogP contribution in [0, 0.1) is 18.3 Å². The smallest absolute Gasteiger partial charge is 0.197 e. The van der Waals surface area contributed by atoms with Crippen molar-refractivity contribution in [2.75, 3.05) is 0 Å². The summed E-state index contributed by atoms with van der Waals surface area (Å²) < 4.78 is 0. The Balaban J connectivity index is 1.65. The van der Waals surface area contributed by atoms with Gasteiger partial charge in [0.1, 0.15) is 5.01 Å². The first-order valence-electron chi connectivity index (χ1n) is 9.25. The number of fused-ring (bicyclic) bond motifs is 1. The lowest BCUT2D eigenvalue weighted by Crippen LogP contribution is -2.00. The molecule has 31 heavy (non-hydrogen) atoms. The van der Waals surface area contributed by atoms with Crippen LogP contribution < -0.4 is 0 Å². The minimum Gasteiger partial charge on any atom is -0.288 e. The Bertz CT molecular complexity index is 1320. The number of rotatable bonds is 3. The third kappa shape index (κ3) is 3.98. The van der Waals surface area contributed by atoms with Gasteiger partial charge in [-0.1, -0.05) is 35.3 Å². The highest BCUT2D eigenvalue weighted by atomic mass is 35.5. The molecule has 3 aromatic rings. The molecule has 1 aromatic heterocycles. The second kappa shape index (κ2) is 8.24. The molecule has 0 atom stereocenters. The molecule has 1 aliphatic carbocycles. The molecule has 4 nitrogen and oxygen atoms in total. The molecule has 2 aromatic carbocycles. The van der Waals surface area contributed by atoms with Crippen LogP contribution in [-0.2, 0) is 0 Å². The number of nitriles is 1. The Hall–Kier alpha value is -3.04. The van der Waals surface area contributed by atoms with Gasteiger partial charge in [-0.05, 0) is 55.8 Å². The highest BCUT2D eigenvalue weighted by Gasteiger charge is 2.33. The molecule has 0 saturated heterocycles. The van der Waals surface area contributed by atoms with Gasteiger partial charge in [0.25, 0.3) is 0 Å². The molecular formula is C24H14Cl2N2O2S. The summed E-state index contributed by atoms with van der Waals surface area (Å²) in [6.07, 6.45) is 3.49. The number of benzene rings is 2. The lowest BCUT2D eigenvalue weighted by molar-refractivity contribution is 0.0988. The van der Waals surface area contributed by atoms with Crippen LogP contribution in [-0.4, -0.2) is 16.6 Å². The predicted octanol–water partition coefficient (Wildman–Crippen LogP) is 6.71. The predicted molar refractivity (Wildman–Crippen MR) is 124 cm³/mol. The molecule has 0 fully saturated rings. The molecule has 0 unspecified atom stereocenters. The minimum absolute atomic E-state index is 0.0940. The summed E-state index contributed by atoms with van der Waals surface area (Å²) in [4.78, 5) is 31.0. The number of Topliss-reactive ketones (excluding diaryl/α,β-unsaturated/α-hetero) is 2. The Morgan fingerprint density at radius 2 is 1.65 bits per heavy atom. The molecule has 1 heterocycles. The third-order valence-electron chi connectivity index (χ3n) is 4.86. The molecular weight excluding hydrogens is 451 g/mol. The first kappa shape index (κ1) is 21.2. The Morgan fingerprint density at radius 3 is 2.19 bits per heavy atom. The van der Waals surface area contributed by atoms with Gasteiger partial charge in [0.15, 0.2) is 11.6 Å². The number of carbonyl (C=O) groups is 2. The molecule has 0 N–H and O–H groups in total. The lowest BCUT2D eigenvalue weighted by Gasteiger charge is -1.98. The zero-order chi connectivity index (χ0) is 22.3. The van der Waals surface area contributed by atoms with Gasteiger partial charge < -0.3 is 0 Å². The second-order valence-electron chi connectivity index (χ2n) is 7.07. The summed E-state index contributed by atoms with van der Waals surface area (Å²) in [5.74, 6) is -0.712. The van der Waals surface area contributed by atoms with Gasteiger partial charge in [-0.2, -0.15) is 5.26 Å². The van der Waals surface area contributed by atoms with E-state index in [2.05, 4.69) is 11.1 Å². The van der Waals surface area contributed by atoms with Crippen LogP contribution in [0.25, 0.3) is 16.6 Å². The van der Waals surface area contributed by atoms with E-state index in [0.717, 1.165) is 26.7 Å². The summed E-state index contributed by atoms with van der Waals surface area (Å²) in [5, 5.41) is 10.3. The monoisotopic (exact) mass is 464 g/mol. The van der Waals surface area contributed by atoms with Gasteiger partial charge >= 0.3 is 0 Å². The van der Waals surface area contributed by atoms with E-state index < -0.39 is 0 Å². The van der Waals surface area contributed by atoms with Crippen molar-refractivity contribution in [3.63, 3.8) is 0 Å². The highest BCUT2D eigenvalue weighted by Crippen LogP contribution is 2.34. The van der Waals surface area contributed by atoms with Crippen LogP contribution in [0.4, 0.5) is 0 Å². The molecule has 1 aliphatic rings. The third-order valence-corrected chi connectivity index (χ3v) is 6.74. The van der Waals surface area contributed by atoms with E-state index in [1.807, 2.05) is 32.1 Å². The van der Waals surface area contributed by atoms with Crippen molar-refractivity contribution in [3.8, 4) is 16.6 Å². The second-order valence-corrected chi connectivity index (χ2v) is 8.92. The topological polar surface area (TPSA) is 70.8 Å².